The van der Waals surface area contributed by atoms with Gasteiger partial charge in [0, 0.05) is 62.5 Å². The molecule has 2 aliphatic rings. The Labute approximate surface area is 221 Å². The second-order valence-corrected chi connectivity index (χ2v) is 9.33. The summed E-state index contributed by atoms with van der Waals surface area (Å²) in [4.78, 5) is 26.0. The van der Waals surface area contributed by atoms with E-state index >= 15 is 0 Å². The van der Waals surface area contributed by atoms with Crippen molar-refractivity contribution in [1.82, 2.24) is 14.9 Å². The van der Waals surface area contributed by atoms with Crippen LogP contribution in [0.1, 0.15) is 30.4 Å². The Morgan fingerprint density at radius 1 is 1.32 bits per heavy atom. The summed E-state index contributed by atoms with van der Waals surface area (Å²) in [7, 11) is 1.63. The van der Waals surface area contributed by atoms with Gasteiger partial charge in [0.05, 0.1) is 24.5 Å². The van der Waals surface area contributed by atoms with Gasteiger partial charge in [-0.1, -0.05) is 12.1 Å². The number of H-pyrrole nitrogens is 1. The molecule has 0 radical (unpaired) electrons. The number of allylic oxidation sites excluding steroid dienone is 1. The minimum atomic E-state index is -0.195. The fraction of sp³-hybridized carbons (Fsp3) is 0.310. The van der Waals surface area contributed by atoms with E-state index in [1.165, 1.54) is 12.3 Å². The van der Waals surface area contributed by atoms with Crippen LogP contribution in [0.5, 0.6) is 5.75 Å². The molecule has 194 valence electrons. The van der Waals surface area contributed by atoms with Crippen LogP contribution in [-0.4, -0.2) is 66.4 Å². The number of aromatic nitrogens is 2. The molecule has 9 nitrogen and oxygen atoms in total. The number of nitrogens with zero attached hydrogens (tertiary/aromatic N) is 4. The molecule has 0 unspecified atom stereocenters. The highest BCUT2D eigenvalue weighted by atomic mass is 16.5. The zero-order chi connectivity index (χ0) is 26.5. The Morgan fingerprint density at radius 2 is 2.16 bits per heavy atom. The van der Waals surface area contributed by atoms with Gasteiger partial charge in [-0.25, -0.2) is 4.98 Å². The number of aromatic amines is 1. The van der Waals surface area contributed by atoms with E-state index in [2.05, 4.69) is 27.1 Å². The minimum Gasteiger partial charge on any atom is -0.489 e. The van der Waals surface area contributed by atoms with E-state index in [0.29, 0.717) is 44.0 Å². The molecular weight excluding hydrogens is 480 g/mol. The van der Waals surface area contributed by atoms with E-state index in [1.807, 2.05) is 36.7 Å². The molecule has 38 heavy (non-hydrogen) atoms. The number of ether oxygens (including phenoxy) is 2. The summed E-state index contributed by atoms with van der Waals surface area (Å²) in [5.74, 6) is 0.407. The summed E-state index contributed by atoms with van der Waals surface area (Å²) in [5, 5.41) is 10.8. The first kappa shape index (κ1) is 25.2. The van der Waals surface area contributed by atoms with Crippen molar-refractivity contribution in [2.75, 3.05) is 33.4 Å². The lowest BCUT2D eigenvalue weighted by Gasteiger charge is -2.26. The Morgan fingerprint density at radius 3 is 2.89 bits per heavy atom. The van der Waals surface area contributed by atoms with Crippen LogP contribution < -0.4 is 10.5 Å². The number of nitrogens with one attached hydrogen (secondary N) is 1. The molecule has 1 amide bonds. The molecule has 2 aliphatic heterocycles. The van der Waals surface area contributed by atoms with Gasteiger partial charge in [0.25, 0.3) is 5.91 Å². The van der Waals surface area contributed by atoms with Gasteiger partial charge in [0.15, 0.2) is 0 Å². The highest BCUT2D eigenvalue weighted by Gasteiger charge is 2.21. The molecule has 4 heterocycles. The second-order valence-electron chi connectivity index (χ2n) is 9.33. The number of amides is 1. The number of nitriles is 1. The first-order chi connectivity index (χ1) is 18.6. The third-order valence-electron chi connectivity index (χ3n) is 6.92. The van der Waals surface area contributed by atoms with Crippen LogP contribution in [-0.2, 0) is 9.53 Å². The summed E-state index contributed by atoms with van der Waals surface area (Å²) >= 11 is 0. The number of rotatable bonds is 6. The van der Waals surface area contributed by atoms with Crippen LogP contribution in [0.2, 0.25) is 0 Å². The van der Waals surface area contributed by atoms with Gasteiger partial charge < -0.3 is 25.1 Å². The summed E-state index contributed by atoms with van der Waals surface area (Å²) in [6, 6.07) is 10.1. The number of benzene rings is 1. The molecule has 9 heteroatoms. The predicted octanol–water partition coefficient (Wildman–Crippen LogP) is 3.82. The van der Waals surface area contributed by atoms with Crippen molar-refractivity contribution in [3.63, 3.8) is 0 Å². The zero-order valence-corrected chi connectivity index (χ0v) is 21.3. The van der Waals surface area contributed by atoms with E-state index in [9.17, 15) is 10.1 Å². The number of nitrogens with two attached hydrogens (primary N) is 1. The summed E-state index contributed by atoms with van der Waals surface area (Å²) in [6.07, 6.45) is 11.3. The molecule has 2 aromatic heterocycles. The molecule has 1 saturated heterocycles. The Hall–Kier alpha value is -4.42. The van der Waals surface area contributed by atoms with Crippen molar-refractivity contribution >= 4 is 28.7 Å². The van der Waals surface area contributed by atoms with Gasteiger partial charge >= 0.3 is 0 Å². The van der Waals surface area contributed by atoms with Crippen LogP contribution in [0, 0.1) is 11.3 Å². The summed E-state index contributed by atoms with van der Waals surface area (Å²) in [6.45, 7) is 2.41. The van der Waals surface area contributed by atoms with Gasteiger partial charge in [-0.15, -0.1) is 0 Å². The fourth-order valence-electron chi connectivity index (χ4n) is 4.80. The quantitative estimate of drug-likeness (QED) is 0.383. The molecule has 5 rings (SSSR count). The number of aliphatic imine (C=N–C) groups is 1. The molecule has 0 atom stereocenters. The maximum absolute atomic E-state index is 12.6. The van der Waals surface area contributed by atoms with Crippen LogP contribution in [0.25, 0.3) is 27.7 Å². The molecule has 3 aromatic rings. The zero-order valence-electron chi connectivity index (χ0n) is 21.3. The van der Waals surface area contributed by atoms with Crippen molar-refractivity contribution < 1.29 is 14.3 Å². The van der Waals surface area contributed by atoms with Crippen LogP contribution in [0.15, 0.2) is 59.5 Å². The lowest BCUT2D eigenvalue weighted by molar-refractivity contribution is -0.126. The average molecular weight is 511 g/mol. The third-order valence-corrected chi connectivity index (χ3v) is 6.92. The van der Waals surface area contributed by atoms with Gasteiger partial charge in [0.1, 0.15) is 23.6 Å². The molecule has 0 saturated carbocycles. The Kier molecular flexibility index (Phi) is 7.52. The molecule has 0 bridgehead atoms. The van der Waals surface area contributed by atoms with Crippen molar-refractivity contribution in [2.45, 2.75) is 25.4 Å². The van der Waals surface area contributed by atoms with Gasteiger partial charge in [-0.05, 0) is 47.4 Å². The van der Waals surface area contributed by atoms with E-state index in [1.54, 1.807) is 11.9 Å². The molecule has 3 N–H and O–H groups in total. The second kappa shape index (κ2) is 11.3. The van der Waals surface area contributed by atoms with Crippen molar-refractivity contribution in [3.05, 3.63) is 65.6 Å². The topological polar surface area (TPSA) is 130 Å². The van der Waals surface area contributed by atoms with E-state index in [-0.39, 0.29) is 17.7 Å². The van der Waals surface area contributed by atoms with Crippen LogP contribution >= 0.6 is 0 Å². The van der Waals surface area contributed by atoms with Crippen LogP contribution in [0.3, 0.4) is 0 Å². The lowest BCUT2D eigenvalue weighted by atomic mass is 9.97. The smallest absolute Gasteiger partial charge is 0.270 e. The first-order valence-corrected chi connectivity index (χ1v) is 12.7. The van der Waals surface area contributed by atoms with E-state index in [0.717, 1.165) is 46.1 Å². The molecule has 0 spiro atoms. The molecular formula is C29H30N6O3. The van der Waals surface area contributed by atoms with Crippen molar-refractivity contribution in [3.8, 4) is 22.9 Å². The standard InChI is InChI=1S/C29H30N6O3/c1-32-9-4-26(31)29(36)35-10-5-19(6-11-35)22-15-24-25(18-34-28(24)33-17-22)20-2-3-27(21(14-20)16-30)38-23-7-12-37-13-8-23/h2-5,9,14-15,17-18,23H,6-8,10-13,31H2,1H3,(H,33,34)/b26-4-,32-9?. The Bertz CT molecular complexity index is 1470. The third kappa shape index (κ3) is 5.31. The van der Waals surface area contributed by atoms with Gasteiger partial charge in [0.2, 0.25) is 0 Å². The SMILES string of the molecule is CN=C/C=C(\N)C(=O)N1CC=C(c2cnc3[nH]cc(-c4ccc(OC5CCOCC5)c(C#N)c4)c3c2)CC1. The first-order valence-electron chi connectivity index (χ1n) is 12.7. The number of pyridine rings is 1. The number of fused-ring (bicyclic) bond motifs is 1. The number of hydrogen-bond donors (Lipinski definition) is 2. The molecule has 1 aromatic carbocycles. The monoisotopic (exact) mass is 510 g/mol. The van der Waals surface area contributed by atoms with E-state index < -0.39 is 0 Å². The maximum Gasteiger partial charge on any atom is 0.270 e. The lowest BCUT2D eigenvalue weighted by Crippen LogP contribution is -2.37. The summed E-state index contributed by atoms with van der Waals surface area (Å²) in [5.41, 5.74) is 11.4. The minimum absolute atomic E-state index is 0.0641. The fourth-order valence-corrected chi connectivity index (χ4v) is 4.80. The number of carbonyl (C=O) groups is 1. The summed E-state index contributed by atoms with van der Waals surface area (Å²) < 4.78 is 11.5. The molecule has 1 fully saturated rings. The maximum atomic E-state index is 12.6. The number of hydrogen-bond acceptors (Lipinski definition) is 7. The van der Waals surface area contributed by atoms with E-state index in [4.69, 9.17) is 15.2 Å². The molecule has 0 aliphatic carbocycles. The predicted molar refractivity (Wildman–Crippen MR) is 147 cm³/mol. The van der Waals surface area contributed by atoms with Gasteiger partial charge in [-0.2, -0.15) is 5.26 Å². The average Bonchev–Trinajstić information content (AvgIpc) is 3.39. The van der Waals surface area contributed by atoms with Gasteiger partial charge in [-0.3, -0.25) is 9.79 Å². The number of carbonyl (C=O) groups excluding carboxylic acids is 1. The Balaban J connectivity index is 1.37. The highest BCUT2D eigenvalue weighted by Crippen LogP contribution is 2.34. The largest absolute Gasteiger partial charge is 0.489 e. The normalized spacial score (nSPS) is 17.0. The van der Waals surface area contributed by atoms with Crippen molar-refractivity contribution in [1.29, 1.82) is 5.26 Å². The highest BCUT2D eigenvalue weighted by molar-refractivity contribution is 5.97. The van der Waals surface area contributed by atoms with Crippen LogP contribution in [0.4, 0.5) is 0 Å². The van der Waals surface area contributed by atoms with Crippen molar-refractivity contribution in [2.24, 2.45) is 10.7 Å².